The lowest BCUT2D eigenvalue weighted by Gasteiger charge is -2.31. The van der Waals surface area contributed by atoms with E-state index >= 15 is 0 Å². The Bertz CT molecular complexity index is 684. The molecule has 1 aromatic carbocycles. The van der Waals surface area contributed by atoms with Crippen LogP contribution >= 0.6 is 12.4 Å². The summed E-state index contributed by atoms with van der Waals surface area (Å²) in [6.07, 6.45) is 1.62. The largest absolute Gasteiger partial charge is 0.462 e. The maximum atomic E-state index is 13.8. The van der Waals surface area contributed by atoms with E-state index in [9.17, 15) is 17.6 Å². The molecule has 1 aromatic rings. The van der Waals surface area contributed by atoms with Crippen molar-refractivity contribution in [3.8, 4) is 0 Å². The fourth-order valence-corrected chi connectivity index (χ4v) is 4.17. The van der Waals surface area contributed by atoms with E-state index in [1.165, 1.54) is 10.4 Å². The third-order valence-corrected chi connectivity index (χ3v) is 5.66. The highest BCUT2D eigenvalue weighted by atomic mass is 35.5. The summed E-state index contributed by atoms with van der Waals surface area (Å²) < 4.78 is 45.3. The maximum Gasteiger partial charge on any atom is 0.338 e. The molecule has 0 spiro atoms. The van der Waals surface area contributed by atoms with Crippen molar-refractivity contribution in [1.29, 1.82) is 0 Å². The van der Waals surface area contributed by atoms with Gasteiger partial charge in [-0.05, 0) is 45.0 Å². The first-order valence-electron chi connectivity index (χ1n) is 7.53. The van der Waals surface area contributed by atoms with Crippen LogP contribution in [0.15, 0.2) is 23.1 Å². The normalized spacial score (nSPS) is 18.7. The van der Waals surface area contributed by atoms with Gasteiger partial charge in [-0.15, -0.1) is 12.4 Å². The molecular formula is C15H22ClFN2O4S. The van der Waals surface area contributed by atoms with Crippen LogP contribution in [0.25, 0.3) is 0 Å². The average molecular weight is 381 g/mol. The van der Waals surface area contributed by atoms with Gasteiger partial charge in [0.15, 0.2) is 0 Å². The van der Waals surface area contributed by atoms with Gasteiger partial charge in [0.2, 0.25) is 10.0 Å². The molecule has 0 bridgehead atoms. The molecule has 1 fully saturated rings. The van der Waals surface area contributed by atoms with Crippen LogP contribution in [0.2, 0.25) is 0 Å². The molecule has 1 aliphatic heterocycles. The van der Waals surface area contributed by atoms with Crippen LogP contribution < -0.4 is 5.32 Å². The second-order valence-electron chi connectivity index (χ2n) is 5.39. The third-order valence-electron chi connectivity index (χ3n) is 3.81. The number of halogens is 2. The number of ether oxygens (including phenoxy) is 1. The van der Waals surface area contributed by atoms with Gasteiger partial charge in [0.05, 0.1) is 17.1 Å². The molecule has 1 heterocycles. The Hall–Kier alpha value is -1.22. The van der Waals surface area contributed by atoms with Crippen molar-refractivity contribution >= 4 is 28.4 Å². The average Bonchev–Trinajstić information content (AvgIpc) is 2.54. The van der Waals surface area contributed by atoms with Crippen LogP contribution in [0.3, 0.4) is 0 Å². The summed E-state index contributed by atoms with van der Waals surface area (Å²) in [7, 11) is -2.07. The standard InChI is InChI=1S/C15H21FN2O4S.ClH/c1-3-22-15(19)11-7-12(16)9-14(8-11)23(20,21)18-6-4-5-13(10-18)17-2;/h7-9,13,17H,3-6,10H2,1-2H3;1H. The quantitative estimate of drug-likeness (QED) is 0.788. The van der Waals surface area contributed by atoms with Gasteiger partial charge in [-0.1, -0.05) is 0 Å². The van der Waals surface area contributed by atoms with Gasteiger partial charge in [-0.2, -0.15) is 4.31 Å². The minimum atomic E-state index is -3.85. The zero-order valence-corrected chi connectivity index (χ0v) is 15.3. The van der Waals surface area contributed by atoms with Crippen molar-refractivity contribution in [3.05, 3.63) is 29.6 Å². The topological polar surface area (TPSA) is 75.7 Å². The molecule has 6 nitrogen and oxygen atoms in total. The summed E-state index contributed by atoms with van der Waals surface area (Å²) in [5.41, 5.74) is -0.104. The summed E-state index contributed by atoms with van der Waals surface area (Å²) in [6, 6.07) is 3.14. The van der Waals surface area contributed by atoms with E-state index in [0.717, 1.165) is 25.0 Å². The number of nitrogens with zero attached hydrogens (tertiary/aromatic N) is 1. The van der Waals surface area contributed by atoms with Gasteiger partial charge in [0.1, 0.15) is 5.82 Å². The predicted octanol–water partition coefficient (Wildman–Crippen LogP) is 1.80. The van der Waals surface area contributed by atoms with Crippen LogP contribution in [-0.4, -0.2) is 51.5 Å². The Morgan fingerprint density at radius 1 is 1.42 bits per heavy atom. The molecule has 1 unspecified atom stereocenters. The molecule has 24 heavy (non-hydrogen) atoms. The van der Waals surface area contributed by atoms with Crippen LogP contribution in [-0.2, 0) is 14.8 Å². The number of nitrogens with one attached hydrogen (secondary N) is 1. The number of esters is 1. The van der Waals surface area contributed by atoms with Crippen molar-refractivity contribution in [1.82, 2.24) is 9.62 Å². The first-order chi connectivity index (χ1) is 10.9. The number of piperidine rings is 1. The third kappa shape index (κ3) is 4.66. The minimum absolute atomic E-state index is 0. The molecule has 9 heteroatoms. The summed E-state index contributed by atoms with van der Waals surface area (Å²) in [5.74, 6) is -1.52. The lowest BCUT2D eigenvalue weighted by molar-refractivity contribution is 0.0525. The van der Waals surface area contributed by atoms with Gasteiger partial charge in [0, 0.05) is 19.1 Å². The SMILES string of the molecule is CCOC(=O)c1cc(F)cc(S(=O)(=O)N2CCCC(NC)C2)c1.Cl. The van der Waals surface area contributed by atoms with E-state index in [2.05, 4.69) is 5.32 Å². The smallest absolute Gasteiger partial charge is 0.338 e. The second kappa shape index (κ2) is 8.75. The second-order valence-corrected chi connectivity index (χ2v) is 7.32. The van der Waals surface area contributed by atoms with Crippen molar-refractivity contribution in [2.45, 2.75) is 30.7 Å². The highest BCUT2D eigenvalue weighted by Gasteiger charge is 2.30. The maximum absolute atomic E-state index is 13.8. The van der Waals surface area contributed by atoms with Crippen molar-refractivity contribution < 1.29 is 22.3 Å². The van der Waals surface area contributed by atoms with Crippen LogP contribution in [0.1, 0.15) is 30.1 Å². The van der Waals surface area contributed by atoms with Crippen LogP contribution in [0.4, 0.5) is 4.39 Å². The van der Waals surface area contributed by atoms with E-state index in [-0.39, 0.29) is 35.5 Å². The van der Waals surface area contributed by atoms with Gasteiger partial charge in [-0.3, -0.25) is 0 Å². The first-order valence-corrected chi connectivity index (χ1v) is 8.97. The number of benzene rings is 1. The predicted molar refractivity (Wildman–Crippen MR) is 90.4 cm³/mol. The molecule has 2 rings (SSSR count). The van der Waals surface area contributed by atoms with Gasteiger partial charge < -0.3 is 10.1 Å². The number of carbonyl (C=O) groups is 1. The molecule has 0 aliphatic carbocycles. The number of hydrogen-bond donors (Lipinski definition) is 1. The fourth-order valence-electron chi connectivity index (χ4n) is 2.59. The molecular weight excluding hydrogens is 359 g/mol. The zero-order chi connectivity index (χ0) is 17.0. The summed E-state index contributed by atoms with van der Waals surface area (Å²) in [6.45, 7) is 2.46. The molecule has 1 saturated heterocycles. The van der Waals surface area contributed by atoms with E-state index < -0.39 is 21.8 Å². The molecule has 1 aliphatic rings. The minimum Gasteiger partial charge on any atom is -0.462 e. The highest BCUT2D eigenvalue weighted by Crippen LogP contribution is 2.23. The van der Waals surface area contributed by atoms with Gasteiger partial charge in [0.25, 0.3) is 0 Å². The number of carbonyl (C=O) groups excluding carboxylic acids is 1. The van der Waals surface area contributed by atoms with Crippen LogP contribution in [0, 0.1) is 5.82 Å². The lowest BCUT2D eigenvalue weighted by Crippen LogP contribution is -2.46. The highest BCUT2D eigenvalue weighted by molar-refractivity contribution is 7.89. The molecule has 0 radical (unpaired) electrons. The Balaban J connectivity index is 0.00000288. The van der Waals surface area contributed by atoms with Crippen molar-refractivity contribution in [2.24, 2.45) is 0 Å². The Morgan fingerprint density at radius 3 is 2.75 bits per heavy atom. The van der Waals surface area contributed by atoms with Crippen molar-refractivity contribution in [3.63, 3.8) is 0 Å². The van der Waals surface area contributed by atoms with E-state index in [4.69, 9.17) is 4.74 Å². The summed E-state index contributed by atoms with van der Waals surface area (Å²) in [5, 5.41) is 3.06. The van der Waals surface area contributed by atoms with E-state index in [0.29, 0.717) is 13.1 Å². The number of sulfonamides is 1. The van der Waals surface area contributed by atoms with Crippen molar-refractivity contribution in [2.75, 3.05) is 26.7 Å². The van der Waals surface area contributed by atoms with Gasteiger partial charge in [-0.25, -0.2) is 17.6 Å². The Labute approximate surface area is 147 Å². The number of rotatable bonds is 5. The monoisotopic (exact) mass is 380 g/mol. The van der Waals surface area contributed by atoms with E-state index in [1.807, 2.05) is 0 Å². The zero-order valence-electron chi connectivity index (χ0n) is 13.6. The van der Waals surface area contributed by atoms with E-state index in [1.54, 1.807) is 14.0 Å². The number of hydrogen-bond acceptors (Lipinski definition) is 5. The Morgan fingerprint density at radius 2 is 2.12 bits per heavy atom. The first kappa shape index (κ1) is 20.8. The van der Waals surface area contributed by atoms with Gasteiger partial charge >= 0.3 is 5.97 Å². The molecule has 136 valence electrons. The molecule has 0 amide bonds. The lowest BCUT2D eigenvalue weighted by atomic mass is 10.1. The molecule has 0 aromatic heterocycles. The Kier molecular flexibility index (Phi) is 7.59. The fraction of sp³-hybridized carbons (Fsp3) is 0.533. The summed E-state index contributed by atoms with van der Waals surface area (Å²) in [4.78, 5) is 11.5. The molecule has 0 saturated carbocycles. The summed E-state index contributed by atoms with van der Waals surface area (Å²) >= 11 is 0. The molecule has 1 N–H and O–H groups in total. The number of likely N-dealkylation sites (N-methyl/N-ethyl adjacent to an activating group) is 1. The van der Waals surface area contributed by atoms with Crippen LogP contribution in [0.5, 0.6) is 0 Å². The molecule has 1 atom stereocenters.